The van der Waals surface area contributed by atoms with Crippen LogP contribution < -0.4 is 5.32 Å². The van der Waals surface area contributed by atoms with Crippen molar-refractivity contribution in [3.8, 4) is 0 Å². The van der Waals surface area contributed by atoms with Gasteiger partial charge in [0, 0.05) is 16.7 Å². The molecule has 0 saturated carbocycles. The molecule has 0 amide bonds. The summed E-state index contributed by atoms with van der Waals surface area (Å²) in [7, 11) is 0. The van der Waals surface area contributed by atoms with Gasteiger partial charge in [-0.1, -0.05) is 24.3 Å². The van der Waals surface area contributed by atoms with Gasteiger partial charge in [-0.05, 0) is 52.2 Å². The van der Waals surface area contributed by atoms with Crippen molar-refractivity contribution >= 4 is 21.6 Å². The number of anilines is 1. The number of rotatable bonds is 3. The number of hydrogen-bond acceptors (Lipinski definition) is 1. The maximum atomic E-state index is 12.9. The third-order valence-corrected chi connectivity index (χ3v) is 3.61. The molecule has 0 bridgehead atoms. The lowest BCUT2D eigenvalue weighted by Crippen LogP contribution is -2.11. The van der Waals surface area contributed by atoms with Crippen molar-refractivity contribution < 1.29 is 13.2 Å². The molecule has 1 nitrogen and oxygen atoms in total. The molecule has 20 heavy (non-hydrogen) atoms. The molecular weight excluding hydrogens is 331 g/mol. The fourth-order valence-corrected chi connectivity index (χ4v) is 2.30. The molecule has 0 unspecified atom stereocenters. The number of hydrogen-bond donors (Lipinski definition) is 1. The van der Waals surface area contributed by atoms with Gasteiger partial charge in [0.15, 0.2) is 0 Å². The maximum Gasteiger partial charge on any atom is 0.416 e. The van der Waals surface area contributed by atoms with E-state index in [0.717, 1.165) is 21.8 Å². The Hall–Kier alpha value is -1.49. The van der Waals surface area contributed by atoms with E-state index >= 15 is 0 Å². The molecule has 0 aliphatic rings. The molecule has 2 rings (SSSR count). The van der Waals surface area contributed by atoms with Crippen molar-refractivity contribution in [1.82, 2.24) is 0 Å². The van der Waals surface area contributed by atoms with Crippen LogP contribution in [0.25, 0.3) is 0 Å². The summed E-state index contributed by atoms with van der Waals surface area (Å²) < 4.78 is 39.5. The third-order valence-electron chi connectivity index (χ3n) is 2.91. The van der Waals surface area contributed by atoms with Gasteiger partial charge in [-0.15, -0.1) is 0 Å². The van der Waals surface area contributed by atoms with Crippen LogP contribution in [0.5, 0.6) is 0 Å². The second-order valence-electron chi connectivity index (χ2n) is 4.49. The molecule has 0 saturated heterocycles. The smallest absolute Gasteiger partial charge is 0.380 e. The third kappa shape index (κ3) is 3.54. The lowest BCUT2D eigenvalue weighted by Gasteiger charge is -2.14. The highest BCUT2D eigenvalue weighted by Crippen LogP contribution is 2.32. The van der Waals surface area contributed by atoms with Crippen molar-refractivity contribution in [3.63, 3.8) is 0 Å². The number of aryl methyl sites for hydroxylation is 1. The largest absolute Gasteiger partial charge is 0.416 e. The topological polar surface area (TPSA) is 12.0 Å². The van der Waals surface area contributed by atoms with E-state index < -0.39 is 11.7 Å². The molecule has 1 N–H and O–H groups in total. The molecule has 0 spiro atoms. The molecule has 0 radical (unpaired) electrons. The van der Waals surface area contributed by atoms with Crippen LogP contribution in [-0.4, -0.2) is 0 Å². The molecule has 106 valence electrons. The second kappa shape index (κ2) is 5.87. The Labute approximate surface area is 123 Å². The Bertz CT molecular complexity index is 608. The summed E-state index contributed by atoms with van der Waals surface area (Å²) in [4.78, 5) is 0. The van der Waals surface area contributed by atoms with E-state index in [1.165, 1.54) is 12.1 Å². The normalized spacial score (nSPS) is 11.4. The fraction of sp³-hybridized carbons (Fsp3) is 0.200. The van der Waals surface area contributed by atoms with E-state index in [4.69, 9.17) is 0 Å². The van der Waals surface area contributed by atoms with Crippen molar-refractivity contribution in [1.29, 1.82) is 0 Å². The predicted octanol–water partition coefficient (Wildman–Crippen LogP) is 5.39. The van der Waals surface area contributed by atoms with Gasteiger partial charge >= 0.3 is 6.18 Å². The highest BCUT2D eigenvalue weighted by molar-refractivity contribution is 9.10. The van der Waals surface area contributed by atoms with E-state index in [0.29, 0.717) is 0 Å². The first kappa shape index (κ1) is 14.9. The highest BCUT2D eigenvalue weighted by Gasteiger charge is 2.32. The van der Waals surface area contributed by atoms with Gasteiger partial charge in [0.25, 0.3) is 0 Å². The molecule has 0 aliphatic heterocycles. The fourth-order valence-electron chi connectivity index (χ4n) is 1.92. The van der Waals surface area contributed by atoms with Gasteiger partial charge < -0.3 is 5.32 Å². The van der Waals surface area contributed by atoms with Crippen molar-refractivity contribution in [2.75, 3.05) is 5.32 Å². The highest BCUT2D eigenvalue weighted by atomic mass is 79.9. The molecular formula is C15H13BrF3N. The van der Waals surface area contributed by atoms with Crippen LogP contribution in [0.4, 0.5) is 18.9 Å². The van der Waals surface area contributed by atoms with Crippen LogP contribution >= 0.6 is 15.9 Å². The van der Waals surface area contributed by atoms with Gasteiger partial charge in [0.05, 0.1) is 5.56 Å². The van der Waals surface area contributed by atoms with Crippen LogP contribution in [0.2, 0.25) is 0 Å². The Kier molecular flexibility index (Phi) is 4.38. The standard InChI is InChI=1S/C15H13BrF3N/c1-10-6-7-13(16)14(8-10)20-9-11-4-2-3-5-12(11)15(17,18)19/h2-8,20H,9H2,1H3. The summed E-state index contributed by atoms with van der Waals surface area (Å²) in [5.74, 6) is 0. The molecule has 2 aromatic rings. The zero-order valence-electron chi connectivity index (χ0n) is 10.8. The molecule has 0 atom stereocenters. The van der Waals surface area contributed by atoms with Crippen molar-refractivity contribution in [3.05, 3.63) is 63.6 Å². The van der Waals surface area contributed by atoms with E-state index in [2.05, 4.69) is 21.2 Å². The molecule has 5 heteroatoms. The van der Waals surface area contributed by atoms with Crippen molar-refractivity contribution in [2.24, 2.45) is 0 Å². The average Bonchev–Trinajstić information content (AvgIpc) is 2.39. The minimum Gasteiger partial charge on any atom is -0.380 e. The monoisotopic (exact) mass is 343 g/mol. The number of halogens is 4. The van der Waals surface area contributed by atoms with E-state index in [9.17, 15) is 13.2 Å². The zero-order chi connectivity index (χ0) is 14.8. The first-order valence-electron chi connectivity index (χ1n) is 6.03. The van der Waals surface area contributed by atoms with Crippen LogP contribution in [-0.2, 0) is 12.7 Å². The second-order valence-corrected chi connectivity index (χ2v) is 5.35. The van der Waals surface area contributed by atoms with E-state index in [-0.39, 0.29) is 12.1 Å². The van der Waals surface area contributed by atoms with Gasteiger partial charge in [-0.3, -0.25) is 0 Å². The van der Waals surface area contributed by atoms with Crippen LogP contribution in [0, 0.1) is 6.92 Å². The molecule has 0 fully saturated rings. The Morgan fingerprint density at radius 1 is 1.10 bits per heavy atom. The lowest BCUT2D eigenvalue weighted by molar-refractivity contribution is -0.138. The van der Waals surface area contributed by atoms with Gasteiger partial charge in [0.1, 0.15) is 0 Å². The Morgan fingerprint density at radius 2 is 1.80 bits per heavy atom. The number of alkyl halides is 3. The minimum absolute atomic E-state index is 0.123. The molecule has 0 aromatic heterocycles. The minimum atomic E-state index is -4.33. The summed E-state index contributed by atoms with van der Waals surface area (Å²) in [5.41, 5.74) is 1.45. The van der Waals surface area contributed by atoms with Gasteiger partial charge in [-0.2, -0.15) is 13.2 Å². The number of nitrogens with one attached hydrogen (secondary N) is 1. The average molecular weight is 344 g/mol. The summed E-state index contributed by atoms with van der Waals surface area (Å²) in [6.45, 7) is 2.05. The Morgan fingerprint density at radius 3 is 2.50 bits per heavy atom. The summed E-state index contributed by atoms with van der Waals surface area (Å²) in [5, 5.41) is 3.04. The molecule has 0 heterocycles. The SMILES string of the molecule is Cc1ccc(Br)c(NCc2ccccc2C(F)(F)F)c1. The predicted molar refractivity (Wildman–Crippen MR) is 77.6 cm³/mol. The van der Waals surface area contributed by atoms with Crippen LogP contribution in [0.3, 0.4) is 0 Å². The Balaban J connectivity index is 2.21. The quantitative estimate of drug-likeness (QED) is 0.787. The zero-order valence-corrected chi connectivity index (χ0v) is 12.3. The van der Waals surface area contributed by atoms with Crippen LogP contribution in [0.1, 0.15) is 16.7 Å². The summed E-state index contributed by atoms with van der Waals surface area (Å²) >= 11 is 3.38. The summed E-state index contributed by atoms with van der Waals surface area (Å²) in [6, 6.07) is 11.3. The van der Waals surface area contributed by atoms with E-state index in [1.807, 2.05) is 25.1 Å². The first-order valence-corrected chi connectivity index (χ1v) is 6.82. The summed E-state index contributed by atoms with van der Waals surface area (Å²) in [6.07, 6.45) is -4.33. The lowest BCUT2D eigenvalue weighted by atomic mass is 10.1. The van der Waals surface area contributed by atoms with Crippen LogP contribution in [0.15, 0.2) is 46.9 Å². The molecule has 2 aromatic carbocycles. The van der Waals surface area contributed by atoms with E-state index in [1.54, 1.807) is 6.07 Å². The van der Waals surface area contributed by atoms with Gasteiger partial charge in [0.2, 0.25) is 0 Å². The van der Waals surface area contributed by atoms with Crippen molar-refractivity contribution in [2.45, 2.75) is 19.6 Å². The molecule has 0 aliphatic carbocycles. The van der Waals surface area contributed by atoms with Gasteiger partial charge in [-0.25, -0.2) is 0 Å². The first-order chi connectivity index (χ1) is 9.38. The number of benzene rings is 2. The maximum absolute atomic E-state index is 12.9.